The third-order valence-corrected chi connectivity index (χ3v) is 6.73. The number of hydrogen-bond acceptors (Lipinski definition) is 5. The molecule has 0 bridgehead atoms. The lowest BCUT2D eigenvalue weighted by Crippen LogP contribution is -2.40. The maximum absolute atomic E-state index is 14.2. The van der Waals surface area contributed by atoms with E-state index in [2.05, 4.69) is 14.4 Å². The molecule has 0 saturated carbocycles. The van der Waals surface area contributed by atoms with Gasteiger partial charge in [-0.15, -0.1) is 0 Å². The van der Waals surface area contributed by atoms with Crippen molar-refractivity contribution in [2.24, 2.45) is 0 Å². The van der Waals surface area contributed by atoms with Crippen LogP contribution in [-0.4, -0.2) is 37.8 Å². The van der Waals surface area contributed by atoms with Crippen LogP contribution in [0.1, 0.15) is 40.1 Å². The Morgan fingerprint density at radius 1 is 1.23 bits per heavy atom. The van der Waals surface area contributed by atoms with Gasteiger partial charge in [0.2, 0.25) is 0 Å². The minimum atomic E-state index is -3.90. The van der Waals surface area contributed by atoms with Gasteiger partial charge in [0.25, 0.3) is 0 Å². The van der Waals surface area contributed by atoms with E-state index in [1.54, 1.807) is 0 Å². The highest BCUT2D eigenvalue weighted by Crippen LogP contribution is 2.42. The molecule has 0 fully saturated rings. The minimum absolute atomic E-state index is 0.256. The number of carbonyl (C=O) groups excluding carboxylic acids is 1. The summed E-state index contributed by atoms with van der Waals surface area (Å²) in [6.45, 7) is 1.97. The topological polar surface area (TPSA) is 88.6 Å². The molecule has 3 aromatic rings. The van der Waals surface area contributed by atoms with Crippen LogP contribution >= 0.6 is 0 Å². The van der Waals surface area contributed by atoms with Gasteiger partial charge in [0.15, 0.2) is 0 Å². The maximum Gasteiger partial charge on any atom is 0.340 e. The smallest absolute Gasteiger partial charge is 0.340 e. The van der Waals surface area contributed by atoms with Gasteiger partial charge in [-0.25, -0.2) is 9.18 Å². The lowest BCUT2D eigenvalue weighted by atomic mass is 9.94. The number of pyridine rings is 1. The highest BCUT2D eigenvalue weighted by atomic mass is 32.2. The highest BCUT2D eigenvalue weighted by Gasteiger charge is 2.37. The number of nitrogens with zero attached hydrogens (tertiary/aromatic N) is 2. The molecule has 7 nitrogen and oxygen atoms in total. The van der Waals surface area contributed by atoms with E-state index < -0.39 is 28.0 Å². The summed E-state index contributed by atoms with van der Waals surface area (Å²) in [4.78, 5) is 16.6. The van der Waals surface area contributed by atoms with Crippen LogP contribution in [-0.2, 0) is 21.4 Å². The van der Waals surface area contributed by atoms with Crippen LogP contribution in [0.25, 0.3) is 10.9 Å². The second-order valence-electron chi connectivity index (χ2n) is 7.01. The van der Waals surface area contributed by atoms with Crippen LogP contribution in [0.15, 0.2) is 42.5 Å². The van der Waals surface area contributed by atoms with Crippen LogP contribution in [0.2, 0.25) is 0 Å². The molecule has 0 aliphatic carbocycles. The van der Waals surface area contributed by atoms with Crippen molar-refractivity contribution in [1.82, 2.24) is 9.29 Å². The van der Waals surface area contributed by atoms with Gasteiger partial charge < -0.3 is 4.74 Å². The summed E-state index contributed by atoms with van der Waals surface area (Å²) in [5, 5.41) is 0.798. The molecule has 0 saturated heterocycles. The summed E-state index contributed by atoms with van der Waals surface area (Å²) >= 11 is 0. The van der Waals surface area contributed by atoms with E-state index in [9.17, 15) is 17.6 Å². The largest absolute Gasteiger partial charge is 0.465 e. The zero-order valence-electron chi connectivity index (χ0n) is 16.6. The maximum atomic E-state index is 14.2. The quantitative estimate of drug-likeness (QED) is 0.645. The Hall–Kier alpha value is -3.04. The Morgan fingerprint density at radius 2 is 1.97 bits per heavy atom. The number of carbonyl (C=O) groups is 1. The molecule has 1 atom stereocenters. The number of halogens is 1. The van der Waals surface area contributed by atoms with Crippen LogP contribution in [0.3, 0.4) is 0 Å². The number of aryl methyl sites for hydroxylation is 1. The number of nitrogens with one attached hydrogen (secondary N) is 1. The number of hydrogen-bond donors (Lipinski definition) is 1. The number of benzene rings is 2. The SMILES string of the molecule is CCc1ccc2ccc3c(c2n1)NS(=O)(=O)N(C)C3c1ccc(F)c(C(=O)OC)c1. The Kier molecular flexibility index (Phi) is 4.95. The van der Waals surface area contributed by atoms with E-state index in [0.29, 0.717) is 28.8 Å². The second-order valence-corrected chi connectivity index (χ2v) is 8.74. The van der Waals surface area contributed by atoms with Gasteiger partial charge in [-0.05, 0) is 30.2 Å². The van der Waals surface area contributed by atoms with E-state index in [1.807, 2.05) is 31.2 Å². The molecular formula is C21H20FN3O4S. The fourth-order valence-electron chi connectivity index (χ4n) is 3.68. The van der Waals surface area contributed by atoms with Crippen molar-refractivity contribution in [1.29, 1.82) is 0 Å². The van der Waals surface area contributed by atoms with E-state index in [1.165, 1.54) is 19.2 Å². The standard InChI is InChI=1S/C21H20FN3O4S/c1-4-14-8-5-12-6-9-15-19(18(12)23-14)24-30(27,28)25(2)20(15)13-7-10-17(22)16(11-13)21(26)29-3/h5-11,20,24H,4H2,1-3H3. The van der Waals surface area contributed by atoms with Gasteiger partial charge in [0.05, 0.1) is 29.9 Å². The van der Waals surface area contributed by atoms with Crippen molar-refractivity contribution in [3.63, 3.8) is 0 Å². The minimum Gasteiger partial charge on any atom is -0.465 e. The van der Waals surface area contributed by atoms with E-state index >= 15 is 0 Å². The Balaban J connectivity index is 1.98. The van der Waals surface area contributed by atoms with E-state index in [0.717, 1.165) is 28.6 Å². The molecule has 30 heavy (non-hydrogen) atoms. The molecule has 0 amide bonds. The predicted octanol–water partition coefficient (Wildman–Crippen LogP) is 3.41. The zero-order valence-corrected chi connectivity index (χ0v) is 17.5. The monoisotopic (exact) mass is 429 g/mol. The molecule has 1 aliphatic heterocycles. The van der Waals surface area contributed by atoms with Gasteiger partial charge in [-0.2, -0.15) is 12.7 Å². The number of methoxy groups -OCH3 is 1. The molecule has 156 valence electrons. The lowest BCUT2D eigenvalue weighted by Gasteiger charge is -2.35. The van der Waals surface area contributed by atoms with E-state index in [-0.39, 0.29) is 5.56 Å². The number of rotatable bonds is 3. The molecule has 9 heteroatoms. The highest BCUT2D eigenvalue weighted by molar-refractivity contribution is 7.90. The van der Waals surface area contributed by atoms with Crippen LogP contribution in [0.4, 0.5) is 10.1 Å². The fourth-order valence-corrected chi connectivity index (χ4v) is 4.81. The molecule has 0 radical (unpaired) electrons. The van der Waals surface area contributed by atoms with Crippen molar-refractivity contribution < 1.29 is 22.3 Å². The first kappa shape index (κ1) is 20.2. The molecule has 2 heterocycles. The van der Waals surface area contributed by atoms with Crippen molar-refractivity contribution in [3.8, 4) is 0 Å². The molecule has 1 aromatic heterocycles. The Labute approximate surface area is 173 Å². The molecule has 1 N–H and O–H groups in total. The first-order valence-electron chi connectivity index (χ1n) is 9.33. The summed E-state index contributed by atoms with van der Waals surface area (Å²) in [6.07, 6.45) is 0.705. The first-order valence-corrected chi connectivity index (χ1v) is 10.8. The second kappa shape index (κ2) is 7.33. The molecule has 2 aromatic carbocycles. The van der Waals surface area contributed by atoms with Crippen LogP contribution < -0.4 is 4.72 Å². The summed E-state index contributed by atoms with van der Waals surface area (Å²) in [6, 6.07) is 10.6. The van der Waals surface area contributed by atoms with Gasteiger partial charge in [0, 0.05) is 23.7 Å². The summed E-state index contributed by atoms with van der Waals surface area (Å²) in [5.74, 6) is -1.57. The Morgan fingerprint density at radius 3 is 2.67 bits per heavy atom. The normalized spacial score (nSPS) is 17.9. The number of anilines is 1. The predicted molar refractivity (Wildman–Crippen MR) is 111 cm³/mol. The first-order chi connectivity index (χ1) is 14.3. The average molecular weight is 429 g/mol. The van der Waals surface area contributed by atoms with Gasteiger partial charge in [-0.3, -0.25) is 9.71 Å². The van der Waals surface area contributed by atoms with Gasteiger partial charge in [-0.1, -0.05) is 31.2 Å². The third kappa shape index (κ3) is 3.20. The summed E-state index contributed by atoms with van der Waals surface area (Å²) < 4.78 is 48.3. The number of ether oxygens (including phenoxy) is 1. The van der Waals surface area contributed by atoms with E-state index in [4.69, 9.17) is 0 Å². The molecule has 0 spiro atoms. The Bertz CT molecular complexity index is 1280. The molecule has 1 unspecified atom stereocenters. The molecule has 4 rings (SSSR count). The molecule has 1 aliphatic rings. The van der Waals surface area contributed by atoms with Gasteiger partial charge >= 0.3 is 16.2 Å². The zero-order chi connectivity index (χ0) is 21.6. The number of aromatic nitrogens is 1. The van der Waals surface area contributed by atoms with Crippen molar-refractivity contribution in [2.45, 2.75) is 19.4 Å². The lowest BCUT2D eigenvalue weighted by molar-refractivity contribution is 0.0595. The van der Waals surface area contributed by atoms with Crippen LogP contribution in [0.5, 0.6) is 0 Å². The van der Waals surface area contributed by atoms with Crippen molar-refractivity contribution >= 4 is 32.8 Å². The summed E-state index contributed by atoms with van der Waals surface area (Å²) in [7, 11) is -1.31. The van der Waals surface area contributed by atoms with Gasteiger partial charge in [0.1, 0.15) is 5.82 Å². The van der Waals surface area contributed by atoms with Crippen LogP contribution in [0, 0.1) is 5.82 Å². The molecular weight excluding hydrogens is 409 g/mol. The summed E-state index contributed by atoms with van der Waals surface area (Å²) in [5.41, 5.74) is 2.60. The number of fused-ring (bicyclic) bond motifs is 3. The van der Waals surface area contributed by atoms with Crippen molar-refractivity contribution in [2.75, 3.05) is 18.9 Å². The van der Waals surface area contributed by atoms with Crippen molar-refractivity contribution in [3.05, 3.63) is 70.7 Å². The number of esters is 1. The third-order valence-electron chi connectivity index (χ3n) is 5.29. The fraction of sp³-hybridized carbons (Fsp3) is 0.238. The average Bonchev–Trinajstić information content (AvgIpc) is 2.74.